The number of hydrogen-bond donors (Lipinski definition) is 2. The van der Waals surface area contributed by atoms with Crippen molar-refractivity contribution in [1.29, 1.82) is 0 Å². The first-order chi connectivity index (χ1) is 18.8. The summed E-state index contributed by atoms with van der Waals surface area (Å²) in [5.74, 6) is -2.52. The van der Waals surface area contributed by atoms with E-state index in [9.17, 15) is 14.0 Å². The molecule has 0 aliphatic carbocycles. The van der Waals surface area contributed by atoms with Crippen LogP contribution in [0.4, 0.5) is 14.6 Å². The number of halogens is 3. The Labute approximate surface area is 227 Å². The number of carbonyl (C=O) groups excluding carboxylic acids is 2. The molecule has 1 aliphatic heterocycles. The van der Waals surface area contributed by atoms with Gasteiger partial charge in [0, 0.05) is 36.3 Å². The highest BCUT2D eigenvalue weighted by Crippen LogP contribution is 2.35. The number of nitrogen functional groups attached to an aromatic ring is 1. The molecular weight excluding hydrogens is 530 g/mol. The predicted molar refractivity (Wildman–Crippen MR) is 143 cm³/mol. The molecule has 5 rings (SSSR count). The average molecular weight is 553 g/mol. The van der Waals surface area contributed by atoms with Crippen molar-refractivity contribution in [1.82, 2.24) is 15.2 Å². The van der Waals surface area contributed by atoms with Crippen LogP contribution in [0.1, 0.15) is 21.7 Å². The summed E-state index contributed by atoms with van der Waals surface area (Å²) in [6.45, 7) is 1.40. The fourth-order valence-electron chi connectivity index (χ4n) is 4.20. The normalized spacial score (nSPS) is 13.8. The molecule has 1 fully saturated rings. The van der Waals surface area contributed by atoms with E-state index in [0.717, 1.165) is 0 Å². The van der Waals surface area contributed by atoms with Gasteiger partial charge in [-0.25, -0.2) is 13.8 Å². The van der Waals surface area contributed by atoms with E-state index in [-0.39, 0.29) is 28.6 Å². The molecule has 2 aromatic heterocycles. The SMILES string of the molecule is Nc1ccc(C=CC(=O)NCc2cc3cc(-c4ccc(C(=O)N5CCOCC5)c(F)c4F)cc(Cl)c3o2)cn1. The summed E-state index contributed by atoms with van der Waals surface area (Å²) in [5, 5.41) is 3.43. The number of anilines is 1. The third-order valence-electron chi connectivity index (χ3n) is 6.22. The maximum absolute atomic E-state index is 15.1. The number of hydrogen-bond acceptors (Lipinski definition) is 6. The molecule has 2 amide bonds. The van der Waals surface area contributed by atoms with E-state index < -0.39 is 17.5 Å². The molecule has 0 unspecified atom stereocenters. The molecule has 3 N–H and O–H groups in total. The van der Waals surface area contributed by atoms with Crippen LogP contribution in [-0.2, 0) is 16.1 Å². The van der Waals surface area contributed by atoms with Gasteiger partial charge in [-0.15, -0.1) is 0 Å². The summed E-state index contributed by atoms with van der Waals surface area (Å²) in [4.78, 5) is 30.3. The molecule has 11 heteroatoms. The lowest BCUT2D eigenvalue weighted by molar-refractivity contribution is -0.116. The van der Waals surface area contributed by atoms with Gasteiger partial charge in [-0.05, 0) is 53.6 Å². The van der Waals surface area contributed by atoms with Crippen molar-refractivity contribution in [2.75, 3.05) is 32.0 Å². The smallest absolute Gasteiger partial charge is 0.257 e. The van der Waals surface area contributed by atoms with Crippen LogP contribution in [0.2, 0.25) is 5.02 Å². The standard InChI is InChI=1S/C28H23ClF2N4O4/c29-22-13-17(20-3-4-21(26(31)25(20)30)28(37)35-7-9-38-10-8-35)11-18-12-19(39-27(18)22)15-34-24(36)6-2-16-1-5-23(32)33-14-16/h1-6,11-14H,7-10,15H2,(H2,32,33)(H,34,36). The van der Waals surface area contributed by atoms with Crippen LogP contribution in [0, 0.1) is 11.6 Å². The molecule has 0 radical (unpaired) electrons. The van der Waals surface area contributed by atoms with Crippen LogP contribution >= 0.6 is 11.6 Å². The second kappa shape index (κ2) is 11.2. The van der Waals surface area contributed by atoms with E-state index in [2.05, 4.69) is 10.3 Å². The highest BCUT2D eigenvalue weighted by atomic mass is 35.5. The maximum atomic E-state index is 15.1. The number of furan rings is 1. The van der Waals surface area contributed by atoms with Gasteiger partial charge >= 0.3 is 0 Å². The van der Waals surface area contributed by atoms with Crippen LogP contribution in [0.3, 0.4) is 0 Å². The van der Waals surface area contributed by atoms with Crippen LogP contribution in [0.15, 0.2) is 59.2 Å². The molecule has 39 heavy (non-hydrogen) atoms. The van der Waals surface area contributed by atoms with E-state index in [4.69, 9.17) is 26.5 Å². The Bertz CT molecular complexity index is 1580. The molecule has 2 aromatic carbocycles. The van der Waals surface area contributed by atoms with Gasteiger partial charge in [-0.3, -0.25) is 9.59 Å². The summed E-state index contributed by atoms with van der Waals surface area (Å²) >= 11 is 6.40. The fourth-order valence-corrected chi connectivity index (χ4v) is 4.47. The first-order valence-corrected chi connectivity index (χ1v) is 12.4. The van der Waals surface area contributed by atoms with Gasteiger partial charge in [-0.1, -0.05) is 17.7 Å². The van der Waals surface area contributed by atoms with Gasteiger partial charge in [0.25, 0.3) is 5.91 Å². The quantitative estimate of drug-likeness (QED) is 0.332. The minimum absolute atomic E-state index is 0.0480. The van der Waals surface area contributed by atoms with Gasteiger partial charge in [-0.2, -0.15) is 0 Å². The highest BCUT2D eigenvalue weighted by molar-refractivity contribution is 6.35. The Morgan fingerprint density at radius 3 is 2.64 bits per heavy atom. The van der Waals surface area contributed by atoms with Gasteiger partial charge < -0.3 is 25.1 Å². The fraction of sp³-hybridized carbons (Fsp3) is 0.179. The van der Waals surface area contributed by atoms with Crippen molar-refractivity contribution >= 4 is 46.3 Å². The van der Waals surface area contributed by atoms with Gasteiger partial charge in [0.15, 0.2) is 17.2 Å². The highest BCUT2D eigenvalue weighted by Gasteiger charge is 2.25. The number of amides is 2. The zero-order valence-electron chi connectivity index (χ0n) is 20.5. The number of benzene rings is 2. The third-order valence-corrected chi connectivity index (χ3v) is 6.50. The van der Waals surface area contributed by atoms with Gasteiger partial charge in [0.2, 0.25) is 5.91 Å². The lowest BCUT2D eigenvalue weighted by atomic mass is 10.0. The molecule has 0 atom stereocenters. The molecule has 8 nitrogen and oxygen atoms in total. The molecule has 1 aliphatic rings. The van der Waals surface area contributed by atoms with Crippen molar-refractivity contribution in [2.45, 2.75) is 6.54 Å². The monoisotopic (exact) mass is 552 g/mol. The summed E-state index contributed by atoms with van der Waals surface area (Å²) in [5.41, 5.74) is 6.53. The second-order valence-corrected chi connectivity index (χ2v) is 9.26. The number of morpholine rings is 1. The molecule has 0 saturated carbocycles. The number of rotatable bonds is 6. The van der Waals surface area contributed by atoms with E-state index in [0.29, 0.717) is 60.0 Å². The van der Waals surface area contributed by atoms with Crippen molar-refractivity contribution in [3.63, 3.8) is 0 Å². The zero-order chi connectivity index (χ0) is 27.5. The Morgan fingerprint density at radius 2 is 1.90 bits per heavy atom. The number of nitrogens with two attached hydrogens (primary N) is 1. The number of nitrogens with one attached hydrogen (secondary N) is 1. The van der Waals surface area contributed by atoms with E-state index in [1.165, 1.54) is 29.2 Å². The lowest BCUT2D eigenvalue weighted by Gasteiger charge is -2.27. The summed E-state index contributed by atoms with van der Waals surface area (Å²) < 4.78 is 41.1. The number of fused-ring (bicyclic) bond motifs is 1. The van der Waals surface area contributed by atoms with Crippen LogP contribution in [0.25, 0.3) is 28.2 Å². The van der Waals surface area contributed by atoms with Crippen molar-refractivity contribution in [3.8, 4) is 11.1 Å². The topological polar surface area (TPSA) is 111 Å². The van der Waals surface area contributed by atoms with Crippen LogP contribution in [-0.4, -0.2) is 48.0 Å². The molecule has 0 spiro atoms. The molecule has 4 aromatic rings. The Morgan fingerprint density at radius 1 is 1.10 bits per heavy atom. The number of pyridine rings is 1. The third kappa shape index (κ3) is 5.76. The van der Waals surface area contributed by atoms with Crippen LogP contribution in [0.5, 0.6) is 0 Å². The van der Waals surface area contributed by atoms with E-state index >= 15 is 4.39 Å². The minimum Gasteiger partial charge on any atom is -0.458 e. The largest absolute Gasteiger partial charge is 0.458 e. The lowest BCUT2D eigenvalue weighted by Crippen LogP contribution is -2.41. The van der Waals surface area contributed by atoms with Gasteiger partial charge in [0.05, 0.1) is 30.3 Å². The second-order valence-electron chi connectivity index (χ2n) is 8.85. The number of nitrogens with zero attached hydrogens (tertiary/aromatic N) is 2. The molecule has 200 valence electrons. The summed E-state index contributed by atoms with van der Waals surface area (Å²) in [6.07, 6.45) is 4.49. The summed E-state index contributed by atoms with van der Waals surface area (Å²) in [6, 6.07) is 10.7. The van der Waals surface area contributed by atoms with E-state index in [1.807, 2.05) is 0 Å². The summed E-state index contributed by atoms with van der Waals surface area (Å²) in [7, 11) is 0. The van der Waals surface area contributed by atoms with Crippen LogP contribution < -0.4 is 11.1 Å². The first-order valence-electron chi connectivity index (χ1n) is 12.0. The zero-order valence-corrected chi connectivity index (χ0v) is 21.3. The minimum atomic E-state index is -1.22. The van der Waals surface area contributed by atoms with E-state index in [1.54, 1.807) is 36.5 Å². The maximum Gasteiger partial charge on any atom is 0.257 e. The molecular formula is C28H23ClF2N4O4. The van der Waals surface area contributed by atoms with Crippen molar-refractivity contribution in [3.05, 3.63) is 88.3 Å². The molecule has 1 saturated heterocycles. The predicted octanol–water partition coefficient (Wildman–Crippen LogP) is 4.81. The average Bonchev–Trinajstić information content (AvgIpc) is 3.37. The van der Waals surface area contributed by atoms with Gasteiger partial charge in [0.1, 0.15) is 11.6 Å². The molecule has 0 bridgehead atoms. The Kier molecular flexibility index (Phi) is 7.58. The number of aromatic nitrogens is 1. The first kappa shape index (κ1) is 26.3. The van der Waals surface area contributed by atoms with Crippen molar-refractivity contribution < 1.29 is 27.5 Å². The molecule has 3 heterocycles. The number of carbonyl (C=O) groups is 2. The van der Waals surface area contributed by atoms with Crippen molar-refractivity contribution in [2.24, 2.45) is 0 Å². The number of ether oxygens (including phenoxy) is 1. The Balaban J connectivity index is 1.32. The Hall–Kier alpha value is -4.28.